The average molecular weight is 409 g/mol. The molecule has 0 spiro atoms. The molecule has 2 aliphatic heterocycles. The fourth-order valence-corrected chi connectivity index (χ4v) is 4.32. The van der Waals surface area contributed by atoms with E-state index in [1.165, 1.54) is 18.4 Å². The van der Waals surface area contributed by atoms with Crippen LogP contribution in [-0.2, 0) is 16.1 Å². The SMILES string of the molecule is O=C(CCC1CCN(Cc2cccc(Oc3ccccc3)c2)CC1)N1CCOCC1. The Kier molecular flexibility index (Phi) is 7.38. The van der Waals surface area contributed by atoms with Crippen LogP contribution < -0.4 is 4.74 Å². The van der Waals surface area contributed by atoms with Crippen LogP contribution in [0, 0.1) is 5.92 Å². The fraction of sp³-hybridized carbons (Fsp3) is 0.480. The van der Waals surface area contributed by atoms with E-state index in [2.05, 4.69) is 23.1 Å². The fourth-order valence-electron chi connectivity index (χ4n) is 4.32. The molecule has 4 rings (SSSR count). The van der Waals surface area contributed by atoms with Gasteiger partial charge in [-0.15, -0.1) is 0 Å². The predicted octanol–water partition coefficient (Wildman–Crippen LogP) is 4.33. The summed E-state index contributed by atoms with van der Waals surface area (Å²) in [6.07, 6.45) is 4.06. The van der Waals surface area contributed by atoms with Gasteiger partial charge >= 0.3 is 0 Å². The molecule has 0 N–H and O–H groups in total. The highest BCUT2D eigenvalue weighted by Crippen LogP contribution is 2.26. The number of para-hydroxylation sites is 1. The van der Waals surface area contributed by atoms with E-state index in [1.807, 2.05) is 41.3 Å². The quantitative estimate of drug-likeness (QED) is 0.684. The van der Waals surface area contributed by atoms with E-state index >= 15 is 0 Å². The Balaban J connectivity index is 1.20. The number of amides is 1. The van der Waals surface area contributed by atoms with Crippen molar-refractivity contribution >= 4 is 5.91 Å². The second-order valence-electron chi connectivity index (χ2n) is 8.31. The molecule has 0 aliphatic carbocycles. The summed E-state index contributed by atoms with van der Waals surface area (Å²) in [6, 6.07) is 18.3. The number of benzene rings is 2. The maximum atomic E-state index is 12.4. The molecule has 2 saturated heterocycles. The van der Waals surface area contributed by atoms with Crippen molar-refractivity contribution in [3.05, 3.63) is 60.2 Å². The van der Waals surface area contributed by atoms with Crippen LogP contribution in [0.15, 0.2) is 54.6 Å². The number of carbonyl (C=O) groups excluding carboxylic acids is 1. The van der Waals surface area contributed by atoms with Gasteiger partial charge in [0, 0.05) is 26.1 Å². The van der Waals surface area contributed by atoms with Crippen molar-refractivity contribution in [2.24, 2.45) is 5.92 Å². The number of carbonyl (C=O) groups is 1. The first-order chi connectivity index (χ1) is 14.8. The van der Waals surface area contributed by atoms with Crippen LogP contribution in [0.2, 0.25) is 0 Å². The predicted molar refractivity (Wildman–Crippen MR) is 118 cm³/mol. The summed E-state index contributed by atoms with van der Waals surface area (Å²) in [7, 11) is 0. The van der Waals surface area contributed by atoms with Gasteiger partial charge in [-0.3, -0.25) is 9.69 Å². The molecule has 1 amide bonds. The number of hydrogen-bond donors (Lipinski definition) is 0. The molecule has 2 aromatic carbocycles. The van der Waals surface area contributed by atoms with Gasteiger partial charge in [0.15, 0.2) is 0 Å². The maximum Gasteiger partial charge on any atom is 0.222 e. The maximum absolute atomic E-state index is 12.4. The van der Waals surface area contributed by atoms with Crippen molar-refractivity contribution in [2.75, 3.05) is 39.4 Å². The first kappa shape index (κ1) is 20.9. The Labute approximate surface area is 179 Å². The molecule has 0 aromatic heterocycles. The molecule has 0 radical (unpaired) electrons. The lowest BCUT2D eigenvalue weighted by Crippen LogP contribution is -2.41. The summed E-state index contributed by atoms with van der Waals surface area (Å²) < 4.78 is 11.3. The zero-order chi connectivity index (χ0) is 20.6. The Hall–Kier alpha value is -2.37. The summed E-state index contributed by atoms with van der Waals surface area (Å²) >= 11 is 0. The summed E-state index contributed by atoms with van der Waals surface area (Å²) in [6.45, 7) is 6.02. The lowest BCUT2D eigenvalue weighted by atomic mass is 9.91. The van der Waals surface area contributed by atoms with Crippen molar-refractivity contribution in [1.29, 1.82) is 0 Å². The number of morpholine rings is 1. The van der Waals surface area contributed by atoms with Crippen LogP contribution in [-0.4, -0.2) is 55.1 Å². The Morgan fingerprint density at radius 1 is 0.933 bits per heavy atom. The van der Waals surface area contributed by atoms with Crippen LogP contribution in [0.25, 0.3) is 0 Å². The molecule has 2 heterocycles. The van der Waals surface area contributed by atoms with E-state index in [-0.39, 0.29) is 0 Å². The van der Waals surface area contributed by atoms with Crippen molar-refractivity contribution in [1.82, 2.24) is 9.80 Å². The first-order valence-corrected chi connectivity index (χ1v) is 11.2. The van der Waals surface area contributed by atoms with E-state index < -0.39 is 0 Å². The van der Waals surface area contributed by atoms with Gasteiger partial charge in [0.05, 0.1) is 13.2 Å². The number of piperidine rings is 1. The average Bonchev–Trinajstić information content (AvgIpc) is 2.80. The minimum atomic E-state index is 0.302. The van der Waals surface area contributed by atoms with Gasteiger partial charge in [0.2, 0.25) is 5.91 Å². The molecule has 2 fully saturated rings. The third-order valence-corrected chi connectivity index (χ3v) is 6.12. The number of nitrogens with zero attached hydrogens (tertiary/aromatic N) is 2. The van der Waals surface area contributed by atoms with Crippen molar-refractivity contribution in [3.8, 4) is 11.5 Å². The number of rotatable bonds is 7. The van der Waals surface area contributed by atoms with Gasteiger partial charge in [-0.1, -0.05) is 30.3 Å². The van der Waals surface area contributed by atoms with Crippen molar-refractivity contribution in [3.63, 3.8) is 0 Å². The van der Waals surface area contributed by atoms with Crippen LogP contribution in [0.5, 0.6) is 11.5 Å². The minimum absolute atomic E-state index is 0.302. The second-order valence-corrected chi connectivity index (χ2v) is 8.31. The van der Waals surface area contributed by atoms with E-state index in [0.717, 1.165) is 50.6 Å². The monoisotopic (exact) mass is 408 g/mol. The highest BCUT2D eigenvalue weighted by Gasteiger charge is 2.22. The van der Waals surface area contributed by atoms with E-state index in [9.17, 15) is 4.79 Å². The first-order valence-electron chi connectivity index (χ1n) is 11.2. The van der Waals surface area contributed by atoms with Gasteiger partial charge in [0.1, 0.15) is 11.5 Å². The normalized spacial score (nSPS) is 18.3. The van der Waals surface area contributed by atoms with Gasteiger partial charge in [0.25, 0.3) is 0 Å². The zero-order valence-corrected chi connectivity index (χ0v) is 17.7. The minimum Gasteiger partial charge on any atom is -0.457 e. The Bertz CT molecular complexity index is 797. The third-order valence-electron chi connectivity index (χ3n) is 6.12. The molecular weight excluding hydrogens is 376 g/mol. The van der Waals surface area contributed by atoms with Crippen LogP contribution >= 0.6 is 0 Å². The molecule has 5 heteroatoms. The van der Waals surface area contributed by atoms with Gasteiger partial charge in [-0.2, -0.15) is 0 Å². The second kappa shape index (κ2) is 10.6. The standard InChI is InChI=1S/C25H32N2O3/c28-25(27-15-17-29-18-16-27)10-9-21-11-13-26(14-12-21)20-22-5-4-8-24(19-22)30-23-6-2-1-3-7-23/h1-8,19,21H,9-18,20H2. The summed E-state index contributed by atoms with van der Waals surface area (Å²) in [5.41, 5.74) is 1.28. The summed E-state index contributed by atoms with van der Waals surface area (Å²) in [5.74, 6) is 2.72. The van der Waals surface area contributed by atoms with Crippen LogP contribution in [0.3, 0.4) is 0 Å². The molecule has 0 unspecified atom stereocenters. The smallest absolute Gasteiger partial charge is 0.222 e. The highest BCUT2D eigenvalue weighted by atomic mass is 16.5. The van der Waals surface area contributed by atoms with Crippen molar-refractivity contribution in [2.45, 2.75) is 32.2 Å². The zero-order valence-electron chi connectivity index (χ0n) is 17.7. The molecule has 2 aliphatic rings. The van der Waals surface area contributed by atoms with Gasteiger partial charge in [-0.05, 0) is 68.1 Å². The van der Waals surface area contributed by atoms with Crippen LogP contribution in [0.1, 0.15) is 31.2 Å². The molecule has 2 aromatic rings. The van der Waals surface area contributed by atoms with Crippen LogP contribution in [0.4, 0.5) is 0 Å². The molecular formula is C25H32N2O3. The molecule has 160 valence electrons. The molecule has 5 nitrogen and oxygen atoms in total. The van der Waals surface area contributed by atoms with Crippen molar-refractivity contribution < 1.29 is 14.3 Å². The summed E-state index contributed by atoms with van der Waals surface area (Å²) in [4.78, 5) is 16.8. The van der Waals surface area contributed by atoms with Gasteiger partial charge < -0.3 is 14.4 Å². The third kappa shape index (κ3) is 6.07. The Morgan fingerprint density at radius 3 is 2.43 bits per heavy atom. The van der Waals surface area contributed by atoms with E-state index in [1.54, 1.807) is 0 Å². The number of hydrogen-bond acceptors (Lipinski definition) is 4. The molecule has 0 saturated carbocycles. The lowest BCUT2D eigenvalue weighted by molar-refractivity contribution is -0.135. The lowest BCUT2D eigenvalue weighted by Gasteiger charge is -2.32. The Morgan fingerprint density at radius 2 is 1.67 bits per heavy atom. The number of ether oxygens (including phenoxy) is 2. The van der Waals surface area contributed by atoms with E-state index in [4.69, 9.17) is 9.47 Å². The van der Waals surface area contributed by atoms with Gasteiger partial charge in [-0.25, -0.2) is 0 Å². The number of likely N-dealkylation sites (tertiary alicyclic amines) is 1. The molecule has 0 atom stereocenters. The summed E-state index contributed by atoms with van der Waals surface area (Å²) in [5, 5.41) is 0. The molecule has 0 bridgehead atoms. The molecule has 30 heavy (non-hydrogen) atoms. The largest absolute Gasteiger partial charge is 0.457 e. The van der Waals surface area contributed by atoms with E-state index in [0.29, 0.717) is 31.5 Å². The topological polar surface area (TPSA) is 42.0 Å². The highest BCUT2D eigenvalue weighted by molar-refractivity contribution is 5.76.